The number of carbonyl (C=O) groups excluding carboxylic acids is 2. The van der Waals surface area contributed by atoms with E-state index in [1.807, 2.05) is 0 Å². The molecule has 0 spiro atoms. The predicted octanol–water partition coefficient (Wildman–Crippen LogP) is 3.90. The number of anilines is 1. The number of H-pyrrole nitrogens is 1. The Morgan fingerprint density at radius 2 is 2.00 bits per heavy atom. The fraction of sp³-hybridized carbons (Fsp3) is 0.182. The van der Waals surface area contributed by atoms with Gasteiger partial charge in [-0.2, -0.15) is 23.5 Å². The monoisotopic (exact) mass is 457 g/mol. The number of hydrogen-bond acceptors (Lipinski definition) is 4. The summed E-state index contributed by atoms with van der Waals surface area (Å²) in [6, 6.07) is 9.52. The van der Waals surface area contributed by atoms with E-state index in [1.165, 1.54) is 36.7 Å². The number of rotatable bonds is 4. The standard InChI is InChI=1S/C22H15F4N5O2/c23-14-5-12(8-27)6-15(7-14)30-20(32)18-16-3-1-2-4-17(16)21(33)31(11-22(24,25)26)19(18)13-9-28-29-10-13/h1-7,9-10,18-19H,11H2,(H,28,29)(H,30,32)/t18-,19+/m1/s1. The van der Waals surface area contributed by atoms with Crippen LogP contribution in [0.5, 0.6) is 0 Å². The minimum Gasteiger partial charge on any atom is -0.325 e. The molecule has 2 aromatic carbocycles. The van der Waals surface area contributed by atoms with Gasteiger partial charge < -0.3 is 10.2 Å². The Balaban J connectivity index is 1.83. The first-order valence-corrected chi connectivity index (χ1v) is 9.65. The summed E-state index contributed by atoms with van der Waals surface area (Å²) in [5.41, 5.74) is 0.285. The van der Waals surface area contributed by atoms with Crippen molar-refractivity contribution in [2.75, 3.05) is 11.9 Å². The number of carbonyl (C=O) groups is 2. The van der Waals surface area contributed by atoms with Crippen molar-refractivity contribution in [1.82, 2.24) is 15.1 Å². The van der Waals surface area contributed by atoms with Gasteiger partial charge in [0.2, 0.25) is 5.91 Å². The Bertz CT molecular complexity index is 1250. The predicted molar refractivity (Wildman–Crippen MR) is 107 cm³/mol. The van der Waals surface area contributed by atoms with Crippen molar-refractivity contribution in [1.29, 1.82) is 5.26 Å². The normalized spacial score (nSPS) is 17.9. The fourth-order valence-electron chi connectivity index (χ4n) is 3.98. The number of fused-ring (bicyclic) bond motifs is 1. The largest absolute Gasteiger partial charge is 0.406 e. The van der Waals surface area contributed by atoms with Crippen LogP contribution in [0.25, 0.3) is 0 Å². The lowest BCUT2D eigenvalue weighted by molar-refractivity contribution is -0.148. The Kier molecular flexibility index (Phi) is 5.59. The van der Waals surface area contributed by atoms with Crippen LogP contribution >= 0.6 is 0 Å². The Morgan fingerprint density at radius 1 is 1.24 bits per heavy atom. The number of aromatic nitrogens is 2. The highest BCUT2D eigenvalue weighted by atomic mass is 19.4. The number of nitrogens with zero attached hydrogens (tertiary/aromatic N) is 3. The topological polar surface area (TPSA) is 102 Å². The van der Waals surface area contributed by atoms with Gasteiger partial charge in [-0.1, -0.05) is 18.2 Å². The SMILES string of the molecule is N#Cc1cc(F)cc(NC(=O)[C@@H]2c3ccccc3C(=O)N(CC(F)(F)F)[C@H]2c2cn[nH]c2)c1. The second-order valence-corrected chi connectivity index (χ2v) is 7.42. The summed E-state index contributed by atoms with van der Waals surface area (Å²) in [5.74, 6) is -3.69. The smallest absolute Gasteiger partial charge is 0.325 e. The summed E-state index contributed by atoms with van der Waals surface area (Å²) in [6.07, 6.45) is -2.17. The molecule has 168 valence electrons. The maximum Gasteiger partial charge on any atom is 0.406 e. The van der Waals surface area contributed by atoms with E-state index in [2.05, 4.69) is 15.5 Å². The van der Waals surface area contributed by atoms with E-state index < -0.39 is 42.3 Å². The molecule has 0 fully saturated rings. The zero-order valence-corrected chi connectivity index (χ0v) is 16.7. The molecular formula is C22H15F4N5O2. The van der Waals surface area contributed by atoms with Gasteiger partial charge in [-0.3, -0.25) is 14.7 Å². The van der Waals surface area contributed by atoms with Crippen molar-refractivity contribution in [3.8, 4) is 6.07 Å². The van der Waals surface area contributed by atoms with Gasteiger partial charge in [-0.25, -0.2) is 4.39 Å². The second-order valence-electron chi connectivity index (χ2n) is 7.42. The van der Waals surface area contributed by atoms with Gasteiger partial charge in [0.1, 0.15) is 12.4 Å². The van der Waals surface area contributed by atoms with E-state index in [9.17, 15) is 27.2 Å². The molecule has 33 heavy (non-hydrogen) atoms. The molecule has 0 radical (unpaired) electrons. The van der Waals surface area contributed by atoms with E-state index in [-0.39, 0.29) is 27.9 Å². The molecule has 11 heteroatoms. The number of halogens is 4. The third kappa shape index (κ3) is 4.41. The van der Waals surface area contributed by atoms with Crippen molar-refractivity contribution in [2.45, 2.75) is 18.1 Å². The average Bonchev–Trinajstić information content (AvgIpc) is 3.28. The lowest BCUT2D eigenvalue weighted by Gasteiger charge is -2.41. The average molecular weight is 457 g/mol. The minimum absolute atomic E-state index is 0.0424. The van der Waals surface area contributed by atoms with Crippen molar-refractivity contribution < 1.29 is 27.2 Å². The Morgan fingerprint density at radius 3 is 2.67 bits per heavy atom. The third-order valence-corrected chi connectivity index (χ3v) is 5.23. The molecule has 0 aliphatic carbocycles. The number of hydrogen-bond donors (Lipinski definition) is 2. The maximum absolute atomic E-state index is 13.9. The zero-order chi connectivity index (χ0) is 23.8. The van der Waals surface area contributed by atoms with Crippen molar-refractivity contribution in [3.05, 3.63) is 82.9 Å². The van der Waals surface area contributed by atoms with Crippen LogP contribution in [0.2, 0.25) is 0 Å². The summed E-state index contributed by atoms with van der Waals surface area (Å²) < 4.78 is 54.1. The highest BCUT2D eigenvalue weighted by molar-refractivity contribution is 6.04. The molecule has 1 aromatic heterocycles. The van der Waals surface area contributed by atoms with Crippen LogP contribution < -0.4 is 5.32 Å². The molecule has 2 N–H and O–H groups in total. The van der Waals surface area contributed by atoms with Gasteiger partial charge in [0.25, 0.3) is 5.91 Å². The van der Waals surface area contributed by atoms with Crippen molar-refractivity contribution in [2.24, 2.45) is 0 Å². The fourth-order valence-corrected chi connectivity index (χ4v) is 3.98. The van der Waals surface area contributed by atoms with E-state index in [1.54, 1.807) is 12.1 Å². The summed E-state index contributed by atoms with van der Waals surface area (Å²) in [5, 5.41) is 17.8. The molecular weight excluding hydrogens is 442 g/mol. The van der Waals surface area contributed by atoms with Crippen LogP contribution in [0.1, 0.15) is 39.0 Å². The Labute approximate surface area is 184 Å². The number of benzene rings is 2. The van der Waals surface area contributed by atoms with Gasteiger partial charge >= 0.3 is 6.18 Å². The molecule has 2 atom stereocenters. The highest BCUT2D eigenvalue weighted by Crippen LogP contribution is 2.44. The van der Waals surface area contributed by atoms with Crippen LogP contribution in [0.15, 0.2) is 54.9 Å². The molecule has 1 aliphatic rings. The van der Waals surface area contributed by atoms with Crippen LogP contribution in [0, 0.1) is 17.1 Å². The summed E-state index contributed by atoms with van der Waals surface area (Å²) in [6.45, 7) is -1.58. The van der Waals surface area contributed by atoms with Crippen molar-refractivity contribution in [3.63, 3.8) is 0 Å². The van der Waals surface area contributed by atoms with Gasteiger partial charge in [-0.15, -0.1) is 0 Å². The first-order valence-electron chi connectivity index (χ1n) is 9.65. The van der Waals surface area contributed by atoms with Gasteiger partial charge in [0, 0.05) is 23.0 Å². The maximum atomic E-state index is 13.9. The highest BCUT2D eigenvalue weighted by Gasteiger charge is 2.48. The first kappa shape index (κ1) is 22.0. The second kappa shape index (κ2) is 8.38. The summed E-state index contributed by atoms with van der Waals surface area (Å²) >= 11 is 0. The molecule has 0 bridgehead atoms. The van der Waals surface area contributed by atoms with Crippen LogP contribution in [0.4, 0.5) is 23.2 Å². The molecule has 0 saturated heterocycles. The van der Waals surface area contributed by atoms with Gasteiger partial charge in [0.15, 0.2) is 0 Å². The molecule has 2 amide bonds. The van der Waals surface area contributed by atoms with E-state index in [0.717, 1.165) is 12.1 Å². The lowest BCUT2D eigenvalue weighted by atomic mass is 9.79. The van der Waals surface area contributed by atoms with Gasteiger partial charge in [0.05, 0.1) is 29.8 Å². The number of nitriles is 1. The molecule has 1 aliphatic heterocycles. The van der Waals surface area contributed by atoms with Crippen LogP contribution in [-0.4, -0.2) is 39.6 Å². The van der Waals surface area contributed by atoms with E-state index >= 15 is 0 Å². The third-order valence-electron chi connectivity index (χ3n) is 5.23. The number of alkyl halides is 3. The molecule has 0 saturated carbocycles. The van der Waals surface area contributed by atoms with Crippen molar-refractivity contribution >= 4 is 17.5 Å². The first-order chi connectivity index (χ1) is 15.7. The molecule has 3 aromatic rings. The lowest BCUT2D eigenvalue weighted by Crippen LogP contribution is -2.49. The number of aromatic amines is 1. The molecule has 4 rings (SSSR count). The summed E-state index contributed by atoms with van der Waals surface area (Å²) in [7, 11) is 0. The Hall–Kier alpha value is -4.20. The number of amides is 2. The van der Waals surface area contributed by atoms with E-state index in [0.29, 0.717) is 4.90 Å². The quantitative estimate of drug-likeness (QED) is 0.580. The van der Waals surface area contributed by atoms with E-state index in [4.69, 9.17) is 5.26 Å². The molecule has 7 nitrogen and oxygen atoms in total. The zero-order valence-electron chi connectivity index (χ0n) is 16.7. The van der Waals surface area contributed by atoms with Gasteiger partial charge in [-0.05, 0) is 29.8 Å². The molecule has 2 heterocycles. The number of nitrogens with one attached hydrogen (secondary N) is 2. The van der Waals surface area contributed by atoms with Crippen LogP contribution in [0.3, 0.4) is 0 Å². The molecule has 0 unspecified atom stereocenters. The minimum atomic E-state index is -4.73. The summed E-state index contributed by atoms with van der Waals surface area (Å²) in [4.78, 5) is 27.0. The van der Waals surface area contributed by atoms with Crippen LogP contribution in [-0.2, 0) is 4.79 Å².